The van der Waals surface area contributed by atoms with Crippen LogP contribution in [0.25, 0.3) is 0 Å². The Morgan fingerprint density at radius 3 is 2.82 bits per heavy atom. The number of piperidine rings is 1. The van der Waals surface area contributed by atoms with E-state index in [2.05, 4.69) is 16.7 Å². The summed E-state index contributed by atoms with van der Waals surface area (Å²) in [7, 11) is 0. The molecule has 0 aromatic heterocycles. The molecule has 1 saturated heterocycles. The molecule has 1 fully saturated rings. The van der Waals surface area contributed by atoms with Crippen molar-refractivity contribution >= 4 is 5.69 Å². The van der Waals surface area contributed by atoms with Gasteiger partial charge in [-0.25, -0.2) is 4.39 Å². The maximum Gasteiger partial charge on any atom is 0.136 e. The maximum atomic E-state index is 14.4. The molecule has 2 aliphatic heterocycles. The van der Waals surface area contributed by atoms with Crippen molar-refractivity contribution in [2.45, 2.75) is 43.9 Å². The van der Waals surface area contributed by atoms with Gasteiger partial charge in [0.15, 0.2) is 0 Å². The fraction of sp³-hybridized carbons (Fsp3) is 0.571. The molecule has 0 spiro atoms. The van der Waals surface area contributed by atoms with Crippen LogP contribution in [0.3, 0.4) is 0 Å². The van der Waals surface area contributed by atoms with Crippen LogP contribution in [0.15, 0.2) is 24.3 Å². The van der Waals surface area contributed by atoms with E-state index in [1.54, 1.807) is 0 Å². The second kappa shape index (κ2) is 4.65. The number of anilines is 1. The smallest absolute Gasteiger partial charge is 0.136 e. The molecule has 2 nitrogen and oxygen atoms in total. The number of alkyl halides is 1. The van der Waals surface area contributed by atoms with E-state index in [1.165, 1.54) is 12.0 Å². The van der Waals surface area contributed by atoms with E-state index < -0.39 is 6.17 Å². The molecule has 0 amide bonds. The first kappa shape index (κ1) is 11.0. The lowest BCUT2D eigenvalue weighted by Gasteiger charge is -2.30. The molecular weight excluding hydrogens is 215 g/mol. The molecule has 1 aromatic carbocycles. The average molecular weight is 234 g/mol. The van der Waals surface area contributed by atoms with Crippen LogP contribution in [0.5, 0.6) is 0 Å². The Bertz CT molecular complexity index is 363. The molecule has 2 aliphatic rings. The maximum absolute atomic E-state index is 14.4. The molecule has 2 N–H and O–H groups in total. The lowest BCUT2D eigenvalue weighted by molar-refractivity contribution is 0.196. The van der Waals surface area contributed by atoms with Crippen molar-refractivity contribution in [3.63, 3.8) is 0 Å². The number of hydrogen-bond donors (Lipinski definition) is 2. The third kappa shape index (κ3) is 2.16. The van der Waals surface area contributed by atoms with Crippen molar-refractivity contribution in [2.24, 2.45) is 0 Å². The first-order valence-electron chi connectivity index (χ1n) is 6.56. The van der Waals surface area contributed by atoms with Crippen LogP contribution in [-0.4, -0.2) is 24.8 Å². The fourth-order valence-corrected chi connectivity index (χ4v) is 2.95. The monoisotopic (exact) mass is 234 g/mol. The van der Waals surface area contributed by atoms with Gasteiger partial charge in [0.25, 0.3) is 0 Å². The Morgan fingerprint density at radius 2 is 2.06 bits per heavy atom. The normalized spacial score (nSPS) is 29.5. The highest BCUT2D eigenvalue weighted by atomic mass is 19.1. The van der Waals surface area contributed by atoms with Gasteiger partial charge in [0.2, 0.25) is 0 Å². The first-order chi connectivity index (χ1) is 8.34. The van der Waals surface area contributed by atoms with E-state index in [9.17, 15) is 4.39 Å². The molecule has 0 saturated carbocycles. The summed E-state index contributed by atoms with van der Waals surface area (Å²) in [5.41, 5.74) is 2.35. The van der Waals surface area contributed by atoms with Gasteiger partial charge in [-0.3, -0.25) is 0 Å². The molecule has 0 aliphatic carbocycles. The molecule has 0 radical (unpaired) electrons. The van der Waals surface area contributed by atoms with Crippen molar-refractivity contribution in [1.29, 1.82) is 0 Å². The van der Waals surface area contributed by atoms with Gasteiger partial charge in [0.1, 0.15) is 6.17 Å². The number of nitrogens with one attached hydrogen (secondary N) is 2. The minimum absolute atomic E-state index is 0.0376. The van der Waals surface area contributed by atoms with Crippen molar-refractivity contribution in [3.05, 3.63) is 29.8 Å². The molecule has 3 heteroatoms. The molecule has 3 rings (SSSR count). The fourth-order valence-electron chi connectivity index (χ4n) is 2.95. The van der Waals surface area contributed by atoms with Gasteiger partial charge in [0.05, 0.1) is 6.04 Å². The van der Waals surface area contributed by atoms with E-state index >= 15 is 0 Å². The Hall–Kier alpha value is -1.09. The highest BCUT2D eigenvalue weighted by Crippen LogP contribution is 2.29. The van der Waals surface area contributed by atoms with Crippen LogP contribution in [0.4, 0.5) is 10.1 Å². The summed E-state index contributed by atoms with van der Waals surface area (Å²) in [6.07, 6.45) is 3.33. The van der Waals surface area contributed by atoms with Crippen LogP contribution in [0.2, 0.25) is 0 Å². The third-order valence-electron chi connectivity index (χ3n) is 3.92. The third-order valence-corrected chi connectivity index (χ3v) is 3.92. The SMILES string of the molecule is FC(C1CCCCN1)C1Cc2ccccc2N1. The summed E-state index contributed by atoms with van der Waals surface area (Å²) in [6.45, 7) is 0.963. The molecule has 17 heavy (non-hydrogen) atoms. The Balaban J connectivity index is 1.67. The van der Waals surface area contributed by atoms with Crippen LogP contribution in [0.1, 0.15) is 24.8 Å². The lowest BCUT2D eigenvalue weighted by atomic mass is 9.95. The number of para-hydroxylation sites is 1. The molecule has 3 unspecified atom stereocenters. The van der Waals surface area contributed by atoms with Crippen LogP contribution in [0, 0.1) is 0 Å². The van der Waals surface area contributed by atoms with Gasteiger partial charge in [-0.05, 0) is 37.4 Å². The second-order valence-corrected chi connectivity index (χ2v) is 5.11. The van der Waals surface area contributed by atoms with E-state index in [1.807, 2.05) is 18.2 Å². The minimum atomic E-state index is -0.789. The van der Waals surface area contributed by atoms with Crippen molar-refractivity contribution in [3.8, 4) is 0 Å². The highest BCUT2D eigenvalue weighted by molar-refractivity contribution is 5.57. The van der Waals surface area contributed by atoms with Crippen molar-refractivity contribution in [1.82, 2.24) is 5.32 Å². The van der Waals surface area contributed by atoms with Crippen LogP contribution >= 0.6 is 0 Å². The van der Waals surface area contributed by atoms with Crippen molar-refractivity contribution in [2.75, 3.05) is 11.9 Å². The predicted molar refractivity (Wildman–Crippen MR) is 68.1 cm³/mol. The standard InChI is InChI=1S/C14H19FN2/c15-14(12-7-3-4-8-16-12)13-9-10-5-1-2-6-11(10)17-13/h1-2,5-6,12-14,16-17H,3-4,7-9H2. The Morgan fingerprint density at radius 1 is 1.18 bits per heavy atom. The van der Waals surface area contributed by atoms with Gasteiger partial charge in [-0.2, -0.15) is 0 Å². The minimum Gasteiger partial charge on any atom is -0.379 e. The summed E-state index contributed by atoms with van der Waals surface area (Å²) in [4.78, 5) is 0. The van der Waals surface area contributed by atoms with E-state index in [4.69, 9.17) is 0 Å². The Kier molecular flexibility index (Phi) is 3.02. The summed E-state index contributed by atoms with van der Waals surface area (Å²) in [5.74, 6) is 0. The second-order valence-electron chi connectivity index (χ2n) is 5.11. The quantitative estimate of drug-likeness (QED) is 0.821. The molecular formula is C14H19FN2. The zero-order chi connectivity index (χ0) is 11.7. The lowest BCUT2D eigenvalue weighted by Crippen LogP contribution is -2.48. The summed E-state index contributed by atoms with van der Waals surface area (Å²) >= 11 is 0. The van der Waals surface area contributed by atoms with E-state index in [-0.39, 0.29) is 12.1 Å². The predicted octanol–water partition coefficient (Wildman–Crippen LogP) is 2.50. The number of hydrogen-bond acceptors (Lipinski definition) is 2. The van der Waals surface area contributed by atoms with Crippen molar-refractivity contribution < 1.29 is 4.39 Å². The molecule has 2 heterocycles. The van der Waals surface area contributed by atoms with E-state index in [0.717, 1.165) is 31.5 Å². The summed E-state index contributed by atoms with van der Waals surface area (Å²) in [6, 6.07) is 8.13. The van der Waals surface area contributed by atoms with Crippen LogP contribution in [-0.2, 0) is 6.42 Å². The number of rotatable bonds is 2. The number of fused-ring (bicyclic) bond motifs is 1. The van der Waals surface area contributed by atoms with Gasteiger partial charge in [-0.15, -0.1) is 0 Å². The molecule has 92 valence electrons. The topological polar surface area (TPSA) is 24.1 Å². The van der Waals surface area contributed by atoms with Gasteiger partial charge >= 0.3 is 0 Å². The zero-order valence-electron chi connectivity index (χ0n) is 9.95. The summed E-state index contributed by atoms with van der Waals surface area (Å²) in [5, 5.41) is 6.62. The number of halogens is 1. The zero-order valence-corrected chi connectivity index (χ0v) is 9.95. The average Bonchev–Trinajstić information content (AvgIpc) is 2.82. The van der Waals surface area contributed by atoms with Crippen LogP contribution < -0.4 is 10.6 Å². The number of benzene rings is 1. The largest absolute Gasteiger partial charge is 0.379 e. The van der Waals surface area contributed by atoms with Gasteiger partial charge in [-0.1, -0.05) is 24.6 Å². The van der Waals surface area contributed by atoms with Gasteiger partial charge in [0, 0.05) is 11.7 Å². The molecule has 3 atom stereocenters. The van der Waals surface area contributed by atoms with Gasteiger partial charge < -0.3 is 10.6 Å². The van der Waals surface area contributed by atoms with E-state index in [0.29, 0.717) is 0 Å². The first-order valence-corrected chi connectivity index (χ1v) is 6.56. The Labute approximate surface area is 102 Å². The summed E-state index contributed by atoms with van der Waals surface area (Å²) < 4.78 is 14.4. The molecule has 0 bridgehead atoms. The highest BCUT2D eigenvalue weighted by Gasteiger charge is 2.33. The molecule has 1 aromatic rings.